The van der Waals surface area contributed by atoms with Gasteiger partial charge in [-0.3, -0.25) is 4.79 Å². The van der Waals surface area contributed by atoms with Gasteiger partial charge in [-0.05, 0) is 79.3 Å². The highest BCUT2D eigenvalue weighted by atomic mass is 16.5. The lowest BCUT2D eigenvalue weighted by atomic mass is 9.92. The van der Waals surface area contributed by atoms with Crippen LogP contribution in [0.4, 0.5) is 0 Å². The fourth-order valence-electron chi connectivity index (χ4n) is 4.11. The molecule has 3 aromatic rings. The molecule has 0 spiro atoms. The molecule has 1 atom stereocenters. The topological polar surface area (TPSA) is 74.7 Å². The molecule has 2 N–H and O–H groups in total. The molecule has 1 heterocycles. The van der Waals surface area contributed by atoms with Crippen LogP contribution in [0.2, 0.25) is 0 Å². The molecule has 4 rings (SSSR count). The molecule has 0 bridgehead atoms. The third-order valence-corrected chi connectivity index (χ3v) is 5.81. The maximum atomic E-state index is 12.3. The number of benzene rings is 2. The Hall–Kier alpha value is -3.31. The highest BCUT2D eigenvalue weighted by molar-refractivity contribution is 5.93. The van der Waals surface area contributed by atoms with Crippen LogP contribution in [0.5, 0.6) is 0 Å². The van der Waals surface area contributed by atoms with Crippen LogP contribution in [0.3, 0.4) is 0 Å². The number of fused-ring (bicyclic) bond motifs is 1. The van der Waals surface area contributed by atoms with E-state index in [2.05, 4.69) is 30.3 Å². The normalized spacial score (nSPS) is 14.6. The first-order chi connectivity index (χ1) is 15.6. The van der Waals surface area contributed by atoms with Gasteiger partial charge in [0.05, 0.1) is 18.8 Å². The van der Waals surface area contributed by atoms with E-state index in [4.69, 9.17) is 19.6 Å². The van der Waals surface area contributed by atoms with Gasteiger partial charge in [-0.25, -0.2) is 0 Å². The van der Waals surface area contributed by atoms with Crippen LogP contribution in [-0.2, 0) is 27.4 Å². The van der Waals surface area contributed by atoms with Crippen molar-refractivity contribution in [2.75, 3.05) is 6.61 Å². The number of allylic oxidation sites excluding steroid dienone is 2. The Balaban J connectivity index is 1.63. The summed E-state index contributed by atoms with van der Waals surface area (Å²) in [4.78, 5) is 12.3. The Morgan fingerprint density at radius 3 is 2.88 bits per heavy atom. The first-order valence-corrected chi connectivity index (χ1v) is 11.1. The summed E-state index contributed by atoms with van der Waals surface area (Å²) in [5, 5.41) is 1.02. The SMILES string of the molecule is CCOC(=O)[C@@H](C)C1=C(OCc2cc(-c3cccc(CN)c3)c3occc3c2)C=CCC1. The van der Waals surface area contributed by atoms with Crippen LogP contribution >= 0.6 is 0 Å². The zero-order chi connectivity index (χ0) is 22.5. The first-order valence-electron chi connectivity index (χ1n) is 11.1. The molecule has 0 saturated heterocycles. The number of rotatable bonds is 8. The van der Waals surface area contributed by atoms with Crippen LogP contribution < -0.4 is 5.73 Å². The quantitative estimate of drug-likeness (QED) is 0.451. The maximum absolute atomic E-state index is 12.3. The monoisotopic (exact) mass is 431 g/mol. The molecule has 0 saturated carbocycles. The second kappa shape index (κ2) is 9.88. The summed E-state index contributed by atoms with van der Waals surface area (Å²) in [6, 6.07) is 14.3. The van der Waals surface area contributed by atoms with Gasteiger partial charge in [0.2, 0.25) is 0 Å². The molecule has 1 aliphatic rings. The highest BCUT2D eigenvalue weighted by Gasteiger charge is 2.24. The third kappa shape index (κ3) is 4.63. The minimum absolute atomic E-state index is 0.208. The summed E-state index contributed by atoms with van der Waals surface area (Å²) in [5.41, 5.74) is 11.8. The lowest BCUT2D eigenvalue weighted by molar-refractivity contribution is -0.146. The second-order valence-electron chi connectivity index (χ2n) is 7.98. The molecule has 166 valence electrons. The second-order valence-corrected chi connectivity index (χ2v) is 7.98. The Kier molecular flexibility index (Phi) is 6.76. The number of nitrogens with two attached hydrogens (primary N) is 1. The van der Waals surface area contributed by atoms with Gasteiger partial charge in [0.1, 0.15) is 17.9 Å². The number of carbonyl (C=O) groups is 1. The molecule has 1 aromatic heterocycles. The lowest BCUT2D eigenvalue weighted by Crippen LogP contribution is -2.19. The van der Waals surface area contributed by atoms with Crippen LogP contribution in [0.1, 0.15) is 37.8 Å². The van der Waals surface area contributed by atoms with Crippen LogP contribution in [0, 0.1) is 5.92 Å². The highest BCUT2D eigenvalue weighted by Crippen LogP contribution is 2.33. The number of carbonyl (C=O) groups excluding carboxylic acids is 1. The molecular formula is C27H29NO4. The summed E-state index contributed by atoms with van der Waals surface area (Å²) in [7, 11) is 0. The zero-order valence-electron chi connectivity index (χ0n) is 18.6. The Bertz CT molecular complexity index is 1170. The van der Waals surface area contributed by atoms with Crippen molar-refractivity contribution in [1.29, 1.82) is 0 Å². The van der Waals surface area contributed by atoms with Gasteiger partial charge in [0.25, 0.3) is 0 Å². The summed E-state index contributed by atoms with van der Waals surface area (Å²) in [6.07, 6.45) is 7.45. The molecule has 0 aliphatic heterocycles. The van der Waals surface area contributed by atoms with Crippen LogP contribution in [0.15, 0.2) is 76.6 Å². The molecule has 2 aromatic carbocycles. The summed E-state index contributed by atoms with van der Waals surface area (Å²) >= 11 is 0. The van der Waals surface area contributed by atoms with E-state index in [9.17, 15) is 4.79 Å². The molecule has 5 nitrogen and oxygen atoms in total. The van der Waals surface area contributed by atoms with Gasteiger partial charge in [0, 0.05) is 17.5 Å². The van der Waals surface area contributed by atoms with Crippen molar-refractivity contribution in [3.05, 3.63) is 83.3 Å². The van der Waals surface area contributed by atoms with Gasteiger partial charge in [0.15, 0.2) is 0 Å². The molecule has 5 heteroatoms. The first kappa shape index (κ1) is 21.9. The van der Waals surface area contributed by atoms with E-state index in [1.807, 2.05) is 38.1 Å². The predicted octanol–water partition coefficient (Wildman–Crippen LogP) is 5.88. The molecule has 1 aliphatic carbocycles. The van der Waals surface area contributed by atoms with E-state index < -0.39 is 0 Å². The van der Waals surface area contributed by atoms with E-state index in [1.54, 1.807) is 6.26 Å². The molecular weight excluding hydrogens is 402 g/mol. The van der Waals surface area contributed by atoms with Crippen LogP contribution in [-0.4, -0.2) is 12.6 Å². The van der Waals surface area contributed by atoms with Gasteiger partial charge >= 0.3 is 5.97 Å². The fraction of sp³-hybridized carbons (Fsp3) is 0.296. The molecule has 0 amide bonds. The average Bonchev–Trinajstić information content (AvgIpc) is 3.31. The van der Waals surface area contributed by atoms with E-state index in [0.717, 1.165) is 57.4 Å². The minimum atomic E-state index is -0.319. The molecule has 0 fully saturated rings. The van der Waals surface area contributed by atoms with E-state index >= 15 is 0 Å². The summed E-state index contributed by atoms with van der Waals surface area (Å²) in [6.45, 7) is 4.96. The number of ether oxygens (including phenoxy) is 2. The predicted molar refractivity (Wildman–Crippen MR) is 126 cm³/mol. The van der Waals surface area contributed by atoms with Crippen molar-refractivity contribution in [3.63, 3.8) is 0 Å². The maximum Gasteiger partial charge on any atom is 0.312 e. The minimum Gasteiger partial charge on any atom is -0.489 e. The Labute approximate surface area is 188 Å². The van der Waals surface area contributed by atoms with E-state index in [1.165, 1.54) is 0 Å². The number of hydrogen-bond acceptors (Lipinski definition) is 5. The Morgan fingerprint density at radius 2 is 2.06 bits per heavy atom. The molecule has 0 radical (unpaired) electrons. The van der Waals surface area contributed by atoms with E-state index in [-0.39, 0.29) is 11.9 Å². The molecule has 32 heavy (non-hydrogen) atoms. The van der Waals surface area contributed by atoms with Crippen molar-refractivity contribution in [3.8, 4) is 11.1 Å². The van der Waals surface area contributed by atoms with Gasteiger partial charge in [-0.1, -0.05) is 24.3 Å². The van der Waals surface area contributed by atoms with Gasteiger partial charge < -0.3 is 19.6 Å². The summed E-state index contributed by atoms with van der Waals surface area (Å²) in [5.74, 6) is 0.234. The standard InChI is InChI=1S/C27H29NO4/c1-3-30-27(29)18(2)23-9-4-5-10-25(23)32-17-20-14-22-11-12-31-26(22)24(15-20)21-8-6-7-19(13-21)16-28/h5-8,10-15,18H,3-4,9,16-17,28H2,1-2H3/t18-/m0/s1. The average molecular weight is 432 g/mol. The van der Waals surface area contributed by atoms with Crippen molar-refractivity contribution in [2.24, 2.45) is 11.7 Å². The van der Waals surface area contributed by atoms with Gasteiger partial charge in [-0.2, -0.15) is 0 Å². The lowest BCUT2D eigenvalue weighted by Gasteiger charge is -2.21. The zero-order valence-corrected chi connectivity index (χ0v) is 18.6. The largest absolute Gasteiger partial charge is 0.489 e. The van der Waals surface area contributed by atoms with Crippen LogP contribution in [0.25, 0.3) is 22.1 Å². The number of hydrogen-bond donors (Lipinski definition) is 1. The van der Waals surface area contributed by atoms with Crippen molar-refractivity contribution < 1.29 is 18.7 Å². The fourth-order valence-corrected chi connectivity index (χ4v) is 4.11. The van der Waals surface area contributed by atoms with Crippen molar-refractivity contribution >= 4 is 16.9 Å². The smallest absolute Gasteiger partial charge is 0.312 e. The molecule has 0 unspecified atom stereocenters. The summed E-state index contributed by atoms with van der Waals surface area (Å²) < 4.78 is 17.2. The third-order valence-electron chi connectivity index (χ3n) is 5.81. The van der Waals surface area contributed by atoms with Gasteiger partial charge in [-0.15, -0.1) is 0 Å². The van der Waals surface area contributed by atoms with E-state index in [0.29, 0.717) is 19.8 Å². The van der Waals surface area contributed by atoms with Crippen molar-refractivity contribution in [1.82, 2.24) is 0 Å². The van der Waals surface area contributed by atoms with Crippen molar-refractivity contribution in [2.45, 2.75) is 39.8 Å². The Morgan fingerprint density at radius 1 is 1.19 bits per heavy atom. The number of furan rings is 1. The number of esters is 1.